The highest BCUT2D eigenvalue weighted by atomic mass is 32.1. The number of aromatic nitrogens is 4. The molecule has 4 heterocycles. The highest BCUT2D eigenvalue weighted by Crippen LogP contribution is 2.21. The number of piperidine rings is 1. The standard InChI is InChI=1S/C17H22N6S/c1-13-4-8-22(9-5-13)10-7-18-15-2-3-16-19-20-17(23(16)21-15)14-6-11-24-12-14/h2-3,6,11-13H,4-5,7-10H2,1H3,(H,18,21). The largest absolute Gasteiger partial charge is 0.367 e. The van der Waals surface area contributed by atoms with E-state index in [-0.39, 0.29) is 0 Å². The normalized spacial score (nSPS) is 16.7. The van der Waals surface area contributed by atoms with Gasteiger partial charge in [-0.3, -0.25) is 0 Å². The van der Waals surface area contributed by atoms with E-state index in [4.69, 9.17) is 0 Å². The predicted octanol–water partition coefficient (Wildman–Crippen LogP) is 3.00. The van der Waals surface area contributed by atoms with Gasteiger partial charge in [0.15, 0.2) is 11.5 Å². The van der Waals surface area contributed by atoms with Gasteiger partial charge >= 0.3 is 0 Å². The van der Waals surface area contributed by atoms with Crippen LogP contribution < -0.4 is 5.32 Å². The van der Waals surface area contributed by atoms with Crippen molar-refractivity contribution in [2.24, 2.45) is 5.92 Å². The molecule has 0 aliphatic carbocycles. The number of rotatable bonds is 5. The van der Waals surface area contributed by atoms with E-state index in [0.717, 1.165) is 41.9 Å². The lowest BCUT2D eigenvalue weighted by molar-refractivity contribution is 0.199. The lowest BCUT2D eigenvalue weighted by Gasteiger charge is -2.30. The topological polar surface area (TPSA) is 58.3 Å². The fourth-order valence-corrected chi connectivity index (χ4v) is 3.72. The van der Waals surface area contributed by atoms with Crippen molar-refractivity contribution in [3.8, 4) is 11.4 Å². The summed E-state index contributed by atoms with van der Waals surface area (Å²) in [4.78, 5) is 2.53. The summed E-state index contributed by atoms with van der Waals surface area (Å²) in [7, 11) is 0. The lowest BCUT2D eigenvalue weighted by Crippen LogP contribution is -2.36. The molecule has 1 fully saturated rings. The van der Waals surface area contributed by atoms with Gasteiger partial charge in [-0.05, 0) is 55.4 Å². The number of hydrogen-bond donors (Lipinski definition) is 1. The Morgan fingerprint density at radius 2 is 2.08 bits per heavy atom. The third-order valence-corrected chi connectivity index (χ3v) is 5.34. The van der Waals surface area contributed by atoms with Crippen LogP contribution in [-0.2, 0) is 0 Å². The van der Waals surface area contributed by atoms with Crippen molar-refractivity contribution in [2.45, 2.75) is 19.8 Å². The molecule has 0 atom stereocenters. The number of likely N-dealkylation sites (tertiary alicyclic amines) is 1. The number of nitrogens with zero attached hydrogens (tertiary/aromatic N) is 5. The average Bonchev–Trinajstić information content (AvgIpc) is 3.25. The van der Waals surface area contributed by atoms with Crippen molar-refractivity contribution in [1.82, 2.24) is 24.7 Å². The van der Waals surface area contributed by atoms with Gasteiger partial charge in [-0.2, -0.15) is 15.9 Å². The van der Waals surface area contributed by atoms with Gasteiger partial charge in [-0.1, -0.05) is 6.92 Å². The SMILES string of the molecule is CC1CCN(CCNc2ccc3nnc(-c4ccsc4)n3n2)CC1. The highest BCUT2D eigenvalue weighted by molar-refractivity contribution is 7.08. The average molecular weight is 342 g/mol. The Balaban J connectivity index is 1.42. The molecule has 4 rings (SSSR count). The maximum atomic E-state index is 4.65. The Hall–Kier alpha value is -1.99. The van der Waals surface area contributed by atoms with Gasteiger partial charge in [0.25, 0.3) is 0 Å². The van der Waals surface area contributed by atoms with Crippen LogP contribution in [0.2, 0.25) is 0 Å². The summed E-state index contributed by atoms with van der Waals surface area (Å²) in [5.41, 5.74) is 1.83. The Labute approximate surface area is 145 Å². The van der Waals surface area contributed by atoms with Gasteiger partial charge in [0, 0.05) is 24.0 Å². The first-order valence-corrected chi connectivity index (χ1v) is 9.45. The number of anilines is 1. The molecule has 6 nitrogen and oxygen atoms in total. The zero-order valence-corrected chi connectivity index (χ0v) is 14.7. The zero-order valence-electron chi connectivity index (χ0n) is 13.9. The van der Waals surface area contributed by atoms with Gasteiger partial charge in [0.2, 0.25) is 0 Å². The van der Waals surface area contributed by atoms with Crippen LogP contribution in [0.4, 0.5) is 5.82 Å². The Bertz CT molecular complexity index is 789. The first-order chi connectivity index (χ1) is 11.8. The minimum Gasteiger partial charge on any atom is -0.367 e. The molecule has 7 heteroatoms. The summed E-state index contributed by atoms with van der Waals surface area (Å²) >= 11 is 1.65. The molecule has 0 unspecified atom stereocenters. The summed E-state index contributed by atoms with van der Waals surface area (Å²) in [6, 6.07) is 5.97. The maximum Gasteiger partial charge on any atom is 0.186 e. The molecule has 126 valence electrons. The van der Waals surface area contributed by atoms with Crippen molar-refractivity contribution in [3.05, 3.63) is 29.0 Å². The molecule has 0 spiro atoms. The summed E-state index contributed by atoms with van der Waals surface area (Å²) in [5.74, 6) is 2.53. The molecule has 0 saturated carbocycles. The third kappa shape index (κ3) is 3.27. The molecular formula is C17H22N6S. The molecule has 0 radical (unpaired) electrons. The minimum atomic E-state index is 0.770. The highest BCUT2D eigenvalue weighted by Gasteiger charge is 2.15. The van der Waals surface area contributed by atoms with E-state index in [0.29, 0.717) is 0 Å². The maximum absolute atomic E-state index is 4.65. The van der Waals surface area contributed by atoms with E-state index >= 15 is 0 Å². The smallest absolute Gasteiger partial charge is 0.186 e. The van der Waals surface area contributed by atoms with Crippen molar-refractivity contribution in [3.63, 3.8) is 0 Å². The quantitative estimate of drug-likeness (QED) is 0.772. The first-order valence-electron chi connectivity index (χ1n) is 8.51. The number of thiophene rings is 1. The van der Waals surface area contributed by atoms with Crippen LogP contribution >= 0.6 is 11.3 Å². The van der Waals surface area contributed by atoms with Crippen molar-refractivity contribution < 1.29 is 0 Å². The third-order valence-electron chi connectivity index (χ3n) is 4.65. The molecule has 24 heavy (non-hydrogen) atoms. The molecule has 3 aromatic rings. The van der Waals surface area contributed by atoms with E-state index in [1.807, 2.05) is 28.1 Å². The van der Waals surface area contributed by atoms with E-state index in [2.05, 4.69) is 37.8 Å². The molecule has 0 bridgehead atoms. The molecule has 3 aromatic heterocycles. The Kier molecular flexibility index (Phi) is 4.44. The van der Waals surface area contributed by atoms with Crippen molar-refractivity contribution >= 4 is 22.8 Å². The molecular weight excluding hydrogens is 320 g/mol. The monoisotopic (exact) mass is 342 g/mol. The summed E-state index contributed by atoms with van der Waals surface area (Å²) in [5, 5.41) is 20.6. The van der Waals surface area contributed by atoms with Crippen LogP contribution in [0.1, 0.15) is 19.8 Å². The number of nitrogens with one attached hydrogen (secondary N) is 1. The van der Waals surface area contributed by atoms with E-state index in [1.54, 1.807) is 11.3 Å². The van der Waals surface area contributed by atoms with Crippen LogP contribution in [-0.4, -0.2) is 50.9 Å². The predicted molar refractivity (Wildman–Crippen MR) is 97.4 cm³/mol. The summed E-state index contributed by atoms with van der Waals surface area (Å²) < 4.78 is 1.81. The van der Waals surface area contributed by atoms with Crippen LogP contribution in [0.25, 0.3) is 17.0 Å². The summed E-state index contributed by atoms with van der Waals surface area (Å²) in [6.45, 7) is 6.74. The van der Waals surface area contributed by atoms with E-state index < -0.39 is 0 Å². The van der Waals surface area contributed by atoms with Gasteiger partial charge in [0.05, 0.1) is 0 Å². The fourth-order valence-electron chi connectivity index (χ4n) is 3.08. The van der Waals surface area contributed by atoms with Gasteiger partial charge in [-0.25, -0.2) is 0 Å². The molecule has 1 saturated heterocycles. The van der Waals surface area contributed by atoms with Gasteiger partial charge in [0.1, 0.15) is 5.82 Å². The van der Waals surface area contributed by atoms with Crippen LogP contribution in [0.15, 0.2) is 29.0 Å². The zero-order chi connectivity index (χ0) is 16.4. The van der Waals surface area contributed by atoms with Crippen molar-refractivity contribution in [1.29, 1.82) is 0 Å². The second kappa shape index (κ2) is 6.86. The molecule has 1 aliphatic heterocycles. The molecule has 0 aromatic carbocycles. The van der Waals surface area contributed by atoms with E-state index in [9.17, 15) is 0 Å². The van der Waals surface area contributed by atoms with Crippen LogP contribution in [0.5, 0.6) is 0 Å². The molecule has 1 N–H and O–H groups in total. The second-order valence-corrected chi connectivity index (χ2v) is 7.26. The minimum absolute atomic E-state index is 0.770. The van der Waals surface area contributed by atoms with Gasteiger partial charge < -0.3 is 10.2 Å². The van der Waals surface area contributed by atoms with Crippen LogP contribution in [0, 0.1) is 5.92 Å². The summed E-state index contributed by atoms with van der Waals surface area (Å²) in [6.07, 6.45) is 2.63. The fraction of sp³-hybridized carbons (Fsp3) is 0.471. The first kappa shape index (κ1) is 15.5. The lowest BCUT2D eigenvalue weighted by atomic mass is 9.99. The van der Waals surface area contributed by atoms with Crippen LogP contribution in [0.3, 0.4) is 0 Å². The number of hydrogen-bond acceptors (Lipinski definition) is 6. The molecule has 1 aliphatic rings. The second-order valence-electron chi connectivity index (χ2n) is 6.48. The van der Waals surface area contributed by atoms with E-state index in [1.165, 1.54) is 25.9 Å². The van der Waals surface area contributed by atoms with Crippen molar-refractivity contribution in [2.75, 3.05) is 31.5 Å². The molecule has 0 amide bonds. The number of fused-ring (bicyclic) bond motifs is 1. The Morgan fingerprint density at radius 1 is 1.21 bits per heavy atom. The van der Waals surface area contributed by atoms with Gasteiger partial charge in [-0.15, -0.1) is 15.3 Å². The Morgan fingerprint density at radius 3 is 2.88 bits per heavy atom.